The van der Waals surface area contributed by atoms with E-state index in [0.717, 1.165) is 0 Å². The van der Waals surface area contributed by atoms with Crippen LogP contribution >= 0.6 is 11.6 Å². The van der Waals surface area contributed by atoms with Crippen LogP contribution in [0.3, 0.4) is 0 Å². The van der Waals surface area contributed by atoms with Crippen LogP contribution in [-0.4, -0.2) is 7.11 Å². The number of methoxy groups -OCH3 is 1. The average Bonchev–Trinajstić information content (AvgIpc) is 2.16. The van der Waals surface area contributed by atoms with Crippen LogP contribution in [0, 0.1) is 0 Å². The second kappa shape index (κ2) is 4.05. The van der Waals surface area contributed by atoms with E-state index >= 15 is 0 Å². The molecule has 3 nitrogen and oxygen atoms in total. The summed E-state index contributed by atoms with van der Waals surface area (Å²) in [4.78, 5) is 0. The predicted octanol–water partition coefficient (Wildman–Crippen LogP) is 1.77. The first-order valence-electron chi connectivity index (χ1n) is 3.70. The van der Waals surface area contributed by atoms with E-state index in [0.29, 0.717) is 22.0 Å². The molecule has 0 radical (unpaired) electrons. The zero-order valence-corrected chi connectivity index (χ0v) is 8.01. The standard InChI is InChI=1S/C9H11ClN2O/c1-13-6-2-3-7(8(10)5-11)9(12)4-6/h2-5H,11-12H2,1H3/b8-5+. The highest BCUT2D eigenvalue weighted by Gasteiger charge is 2.03. The minimum Gasteiger partial charge on any atom is -0.497 e. The van der Waals surface area contributed by atoms with E-state index < -0.39 is 0 Å². The second-order valence-corrected chi connectivity index (χ2v) is 2.87. The van der Waals surface area contributed by atoms with Gasteiger partial charge in [0.15, 0.2) is 0 Å². The normalized spacial score (nSPS) is 11.4. The van der Waals surface area contributed by atoms with Gasteiger partial charge in [0.25, 0.3) is 0 Å². The van der Waals surface area contributed by atoms with Gasteiger partial charge in [0, 0.05) is 23.5 Å². The average molecular weight is 199 g/mol. The van der Waals surface area contributed by atoms with Gasteiger partial charge in [-0.1, -0.05) is 11.6 Å². The van der Waals surface area contributed by atoms with E-state index in [1.807, 2.05) is 0 Å². The molecule has 0 aromatic heterocycles. The molecule has 0 aliphatic carbocycles. The van der Waals surface area contributed by atoms with Crippen molar-refractivity contribution in [2.75, 3.05) is 12.8 Å². The van der Waals surface area contributed by atoms with Crippen LogP contribution in [0.1, 0.15) is 5.56 Å². The van der Waals surface area contributed by atoms with Crippen molar-refractivity contribution in [3.63, 3.8) is 0 Å². The van der Waals surface area contributed by atoms with Crippen molar-refractivity contribution in [2.24, 2.45) is 5.73 Å². The molecule has 0 aliphatic heterocycles. The van der Waals surface area contributed by atoms with Gasteiger partial charge < -0.3 is 16.2 Å². The van der Waals surface area contributed by atoms with Gasteiger partial charge in [0.05, 0.1) is 12.1 Å². The number of benzene rings is 1. The molecular weight excluding hydrogens is 188 g/mol. The van der Waals surface area contributed by atoms with E-state index in [4.69, 9.17) is 27.8 Å². The van der Waals surface area contributed by atoms with Crippen LogP contribution in [0.15, 0.2) is 24.4 Å². The summed E-state index contributed by atoms with van der Waals surface area (Å²) in [6.07, 6.45) is 1.31. The van der Waals surface area contributed by atoms with Crippen LogP contribution in [0.4, 0.5) is 5.69 Å². The summed E-state index contributed by atoms with van der Waals surface area (Å²) >= 11 is 5.81. The lowest BCUT2D eigenvalue weighted by Crippen LogP contribution is -1.94. The number of nitrogens with two attached hydrogens (primary N) is 2. The predicted molar refractivity (Wildman–Crippen MR) is 55.4 cm³/mol. The van der Waals surface area contributed by atoms with E-state index in [9.17, 15) is 0 Å². The zero-order chi connectivity index (χ0) is 9.84. The quantitative estimate of drug-likeness (QED) is 0.712. The number of hydrogen-bond acceptors (Lipinski definition) is 3. The van der Waals surface area contributed by atoms with Crippen LogP contribution in [0.2, 0.25) is 0 Å². The highest BCUT2D eigenvalue weighted by molar-refractivity contribution is 6.49. The van der Waals surface area contributed by atoms with Crippen molar-refractivity contribution in [3.8, 4) is 5.75 Å². The van der Waals surface area contributed by atoms with Crippen LogP contribution in [0.25, 0.3) is 5.03 Å². The lowest BCUT2D eigenvalue weighted by molar-refractivity contribution is 0.415. The smallest absolute Gasteiger partial charge is 0.120 e. The van der Waals surface area contributed by atoms with Gasteiger partial charge in [0.2, 0.25) is 0 Å². The Balaban J connectivity index is 3.12. The maximum absolute atomic E-state index is 5.81. The fourth-order valence-electron chi connectivity index (χ4n) is 0.975. The van der Waals surface area contributed by atoms with Gasteiger partial charge in [-0.05, 0) is 12.1 Å². The van der Waals surface area contributed by atoms with Crippen molar-refractivity contribution in [3.05, 3.63) is 30.0 Å². The third kappa shape index (κ3) is 2.06. The number of hydrogen-bond donors (Lipinski definition) is 2. The van der Waals surface area contributed by atoms with E-state index in [2.05, 4.69) is 0 Å². The molecule has 0 spiro atoms. The molecule has 1 aromatic carbocycles. The molecule has 4 N–H and O–H groups in total. The summed E-state index contributed by atoms with van der Waals surface area (Å²) in [5.74, 6) is 0.697. The minimum absolute atomic E-state index is 0.431. The number of halogens is 1. The second-order valence-electron chi connectivity index (χ2n) is 2.47. The zero-order valence-electron chi connectivity index (χ0n) is 7.25. The van der Waals surface area contributed by atoms with Gasteiger partial charge in [-0.25, -0.2) is 0 Å². The topological polar surface area (TPSA) is 61.3 Å². The molecule has 13 heavy (non-hydrogen) atoms. The molecule has 0 unspecified atom stereocenters. The first kappa shape index (κ1) is 9.74. The van der Waals surface area contributed by atoms with Gasteiger partial charge >= 0.3 is 0 Å². The summed E-state index contributed by atoms with van der Waals surface area (Å²) in [6, 6.07) is 5.23. The van der Waals surface area contributed by atoms with Gasteiger partial charge in [-0.15, -0.1) is 0 Å². The molecule has 0 amide bonds. The fourth-order valence-corrected chi connectivity index (χ4v) is 1.15. The van der Waals surface area contributed by atoms with Crippen molar-refractivity contribution in [1.82, 2.24) is 0 Å². The fraction of sp³-hybridized carbons (Fsp3) is 0.111. The SMILES string of the molecule is COc1ccc(/C(Cl)=C\N)c(N)c1. The molecule has 0 saturated carbocycles. The molecule has 0 aliphatic rings. The summed E-state index contributed by atoms with van der Waals surface area (Å²) in [5, 5.41) is 0.431. The van der Waals surface area contributed by atoms with Crippen molar-refractivity contribution in [2.45, 2.75) is 0 Å². The minimum atomic E-state index is 0.431. The lowest BCUT2D eigenvalue weighted by Gasteiger charge is -2.05. The molecule has 0 saturated heterocycles. The molecule has 1 rings (SSSR count). The largest absolute Gasteiger partial charge is 0.497 e. The van der Waals surface area contributed by atoms with Crippen molar-refractivity contribution < 1.29 is 4.74 Å². The van der Waals surface area contributed by atoms with E-state index in [-0.39, 0.29) is 0 Å². The number of rotatable bonds is 2. The Morgan fingerprint density at radius 2 is 2.23 bits per heavy atom. The Morgan fingerprint density at radius 3 is 2.69 bits per heavy atom. The summed E-state index contributed by atoms with van der Waals surface area (Å²) < 4.78 is 4.99. The van der Waals surface area contributed by atoms with Crippen LogP contribution in [-0.2, 0) is 0 Å². The lowest BCUT2D eigenvalue weighted by atomic mass is 10.1. The first-order valence-corrected chi connectivity index (χ1v) is 4.08. The molecule has 4 heteroatoms. The third-order valence-electron chi connectivity index (χ3n) is 1.66. The Morgan fingerprint density at radius 1 is 1.54 bits per heavy atom. The Labute approximate surface area is 81.9 Å². The molecular formula is C9H11ClN2O. The molecule has 70 valence electrons. The number of nitrogen functional groups attached to an aromatic ring is 1. The Hall–Kier alpha value is -1.35. The maximum atomic E-state index is 5.81. The Bertz CT molecular complexity index is 336. The molecule has 0 bridgehead atoms. The summed E-state index contributed by atoms with van der Waals surface area (Å²) in [5.41, 5.74) is 12.2. The molecule has 0 heterocycles. The van der Waals surface area contributed by atoms with Crippen LogP contribution in [0.5, 0.6) is 5.75 Å². The van der Waals surface area contributed by atoms with E-state index in [1.54, 1.807) is 25.3 Å². The van der Waals surface area contributed by atoms with Gasteiger partial charge in [-0.3, -0.25) is 0 Å². The molecule has 0 fully saturated rings. The molecule has 1 aromatic rings. The summed E-state index contributed by atoms with van der Waals surface area (Å²) in [6.45, 7) is 0. The van der Waals surface area contributed by atoms with Gasteiger partial charge in [-0.2, -0.15) is 0 Å². The first-order chi connectivity index (χ1) is 6.19. The molecule has 0 atom stereocenters. The van der Waals surface area contributed by atoms with Gasteiger partial charge in [0.1, 0.15) is 5.75 Å². The van der Waals surface area contributed by atoms with Crippen molar-refractivity contribution in [1.29, 1.82) is 0 Å². The Kier molecular flexibility index (Phi) is 3.03. The third-order valence-corrected chi connectivity index (χ3v) is 1.99. The van der Waals surface area contributed by atoms with Crippen LogP contribution < -0.4 is 16.2 Å². The van der Waals surface area contributed by atoms with E-state index in [1.165, 1.54) is 6.20 Å². The monoisotopic (exact) mass is 198 g/mol. The highest BCUT2D eigenvalue weighted by atomic mass is 35.5. The number of anilines is 1. The summed E-state index contributed by atoms with van der Waals surface area (Å²) in [7, 11) is 1.58. The highest BCUT2D eigenvalue weighted by Crippen LogP contribution is 2.27. The maximum Gasteiger partial charge on any atom is 0.120 e. The number of ether oxygens (including phenoxy) is 1. The van der Waals surface area contributed by atoms with Crippen molar-refractivity contribution >= 4 is 22.3 Å².